The first-order valence-corrected chi connectivity index (χ1v) is 16.1. The van der Waals surface area contributed by atoms with Gasteiger partial charge in [-0.05, 0) is 68.2 Å². The van der Waals surface area contributed by atoms with Crippen LogP contribution in [0.25, 0.3) is 16.9 Å². The van der Waals surface area contributed by atoms with Crippen LogP contribution in [0.3, 0.4) is 0 Å². The number of benzene rings is 1. The zero-order valence-electron chi connectivity index (χ0n) is 23.6. The quantitative estimate of drug-likeness (QED) is 0.381. The Kier molecular flexibility index (Phi) is 7.58. The van der Waals surface area contributed by atoms with Crippen LogP contribution < -0.4 is 15.2 Å². The van der Waals surface area contributed by atoms with Crippen LogP contribution >= 0.6 is 0 Å². The van der Waals surface area contributed by atoms with E-state index >= 15 is 0 Å². The van der Waals surface area contributed by atoms with Crippen molar-refractivity contribution < 1.29 is 21.9 Å². The summed E-state index contributed by atoms with van der Waals surface area (Å²) < 4.78 is 63.2. The van der Waals surface area contributed by atoms with Crippen LogP contribution in [0, 0.1) is 5.41 Å². The van der Waals surface area contributed by atoms with Gasteiger partial charge in [-0.15, -0.1) is 0 Å². The Morgan fingerprint density at radius 2 is 1.76 bits per heavy atom. The van der Waals surface area contributed by atoms with Crippen molar-refractivity contribution in [3.05, 3.63) is 53.1 Å². The molecule has 2 aliphatic carbocycles. The number of rotatable bonds is 9. The van der Waals surface area contributed by atoms with E-state index in [9.17, 15) is 22.0 Å². The number of ether oxygens (including phenoxy) is 1. The number of anilines is 2. The van der Waals surface area contributed by atoms with E-state index in [0.29, 0.717) is 22.4 Å². The van der Waals surface area contributed by atoms with E-state index in [1.807, 2.05) is 18.3 Å². The first-order valence-electron chi connectivity index (χ1n) is 14.5. The maximum Gasteiger partial charge on any atom is 0.267 e. The zero-order chi connectivity index (χ0) is 29.5. The molecular formula is C29H36F2N6O4S. The Hall–Kier alpha value is -3.32. The summed E-state index contributed by atoms with van der Waals surface area (Å²) in [6.45, 7) is 1.83. The first-order chi connectivity index (χ1) is 20.1. The minimum Gasteiger partial charge on any atom is -0.384 e. The fourth-order valence-electron chi connectivity index (χ4n) is 6.05. The van der Waals surface area contributed by atoms with Gasteiger partial charge in [0, 0.05) is 50.9 Å². The van der Waals surface area contributed by atoms with Crippen molar-refractivity contribution in [1.29, 1.82) is 0 Å². The van der Waals surface area contributed by atoms with Crippen molar-refractivity contribution in [3.63, 3.8) is 0 Å². The van der Waals surface area contributed by atoms with Gasteiger partial charge in [-0.25, -0.2) is 26.6 Å². The summed E-state index contributed by atoms with van der Waals surface area (Å²) in [7, 11) is -2.12. The zero-order valence-corrected chi connectivity index (χ0v) is 24.5. The van der Waals surface area contributed by atoms with Gasteiger partial charge in [-0.3, -0.25) is 9.52 Å². The molecule has 1 saturated heterocycles. The van der Waals surface area contributed by atoms with E-state index in [1.54, 1.807) is 23.0 Å². The maximum absolute atomic E-state index is 13.7. The van der Waals surface area contributed by atoms with Gasteiger partial charge in [-0.2, -0.15) is 10.2 Å². The maximum atomic E-state index is 13.7. The number of nitrogens with one attached hydrogen (secondary N) is 1. The standard InChI is InChI=1S/C29H36F2N6O4S/c1-41-16-17-42(39,40)34-22-2-4-25(26(18-22)35-14-12-28(10-11-28)13-15-35)36-20-21(19-32-36)24-3-5-27(38)37(33-24)23-6-8-29(30,31)9-7-23/h2-5,18-20,23,34H,6-17H2,1H3. The van der Waals surface area contributed by atoms with Crippen molar-refractivity contribution >= 4 is 21.4 Å². The molecule has 0 unspecified atom stereocenters. The van der Waals surface area contributed by atoms with E-state index < -0.39 is 15.9 Å². The summed E-state index contributed by atoms with van der Waals surface area (Å²) in [5, 5.41) is 9.14. The molecule has 0 radical (unpaired) electrons. The van der Waals surface area contributed by atoms with E-state index in [2.05, 4.69) is 19.8 Å². The lowest BCUT2D eigenvalue weighted by Crippen LogP contribution is -2.35. The molecule has 2 aromatic heterocycles. The Balaban J connectivity index is 1.29. The average Bonchev–Trinajstić information content (AvgIpc) is 3.53. The number of nitrogens with zero attached hydrogens (tertiary/aromatic N) is 5. The third kappa shape index (κ3) is 6.22. The van der Waals surface area contributed by atoms with E-state index in [1.165, 1.54) is 30.7 Å². The second-order valence-corrected chi connectivity index (χ2v) is 13.7. The topological polar surface area (TPSA) is 111 Å². The van der Waals surface area contributed by atoms with Crippen LogP contribution in [0.1, 0.15) is 57.4 Å². The van der Waals surface area contributed by atoms with E-state index in [-0.39, 0.29) is 49.6 Å². The predicted molar refractivity (Wildman–Crippen MR) is 156 cm³/mol. The molecule has 2 saturated carbocycles. The lowest BCUT2D eigenvalue weighted by Gasteiger charge is -2.35. The summed E-state index contributed by atoms with van der Waals surface area (Å²) in [5.41, 5.74) is 3.48. The second kappa shape index (κ2) is 11.1. The Bertz CT molecular complexity index is 1600. The van der Waals surface area contributed by atoms with Gasteiger partial charge in [0.1, 0.15) is 0 Å². The minimum absolute atomic E-state index is 0.0964. The molecule has 3 fully saturated rings. The van der Waals surface area contributed by atoms with Crippen LogP contribution in [-0.4, -0.2) is 66.5 Å². The molecule has 0 atom stereocenters. The van der Waals surface area contributed by atoms with Crippen LogP contribution in [-0.2, 0) is 14.8 Å². The summed E-state index contributed by atoms with van der Waals surface area (Å²) in [5.74, 6) is -2.84. The highest BCUT2D eigenvalue weighted by Crippen LogP contribution is 2.54. The fourth-order valence-corrected chi connectivity index (χ4v) is 7.03. The number of hydrogen-bond donors (Lipinski definition) is 1. The number of piperidine rings is 1. The number of hydrogen-bond acceptors (Lipinski definition) is 7. The van der Waals surface area contributed by atoms with Gasteiger partial charge >= 0.3 is 0 Å². The fraction of sp³-hybridized carbons (Fsp3) is 0.552. The summed E-state index contributed by atoms with van der Waals surface area (Å²) in [6, 6.07) is 8.09. The SMILES string of the molecule is COCCS(=O)(=O)Nc1ccc(-n2cc(-c3ccc(=O)n(C4CCC(F)(F)CC4)n3)cn2)c(N2CCC3(CC2)CC3)c1. The molecule has 1 aromatic carbocycles. The lowest BCUT2D eigenvalue weighted by molar-refractivity contribution is -0.0454. The average molecular weight is 603 g/mol. The molecule has 1 N–H and O–H groups in total. The van der Waals surface area contributed by atoms with Crippen molar-refractivity contribution in [3.8, 4) is 16.9 Å². The molecule has 13 heteroatoms. The van der Waals surface area contributed by atoms with Gasteiger partial charge in [-0.1, -0.05) is 0 Å². The number of halogens is 2. The monoisotopic (exact) mass is 602 g/mol. The lowest BCUT2D eigenvalue weighted by atomic mass is 9.92. The molecule has 3 aromatic rings. The molecule has 226 valence electrons. The number of methoxy groups -OCH3 is 1. The van der Waals surface area contributed by atoms with Crippen molar-refractivity contribution in [1.82, 2.24) is 19.6 Å². The number of aromatic nitrogens is 4. The van der Waals surface area contributed by atoms with E-state index in [0.717, 1.165) is 37.3 Å². The van der Waals surface area contributed by atoms with E-state index in [4.69, 9.17) is 4.74 Å². The predicted octanol–water partition coefficient (Wildman–Crippen LogP) is 4.61. The summed E-state index contributed by atoms with van der Waals surface area (Å²) in [6.07, 6.45) is 8.10. The van der Waals surface area contributed by atoms with Crippen LogP contribution in [0.5, 0.6) is 0 Å². The third-order valence-electron chi connectivity index (χ3n) is 8.91. The van der Waals surface area contributed by atoms with Gasteiger partial charge in [0.25, 0.3) is 5.56 Å². The highest BCUT2D eigenvalue weighted by molar-refractivity contribution is 7.92. The molecule has 1 spiro atoms. The largest absolute Gasteiger partial charge is 0.384 e. The van der Waals surface area contributed by atoms with Gasteiger partial charge in [0.05, 0.1) is 47.4 Å². The normalized spacial score (nSPS) is 20.1. The summed E-state index contributed by atoms with van der Waals surface area (Å²) in [4.78, 5) is 14.9. The molecule has 0 amide bonds. The molecule has 1 aliphatic heterocycles. The molecular weight excluding hydrogens is 566 g/mol. The van der Waals surface area contributed by atoms with Crippen molar-refractivity contribution in [2.75, 3.05) is 42.2 Å². The minimum atomic E-state index is -3.58. The third-order valence-corrected chi connectivity index (χ3v) is 10.2. The molecule has 0 bridgehead atoms. The Morgan fingerprint density at radius 1 is 1.02 bits per heavy atom. The van der Waals surface area contributed by atoms with Gasteiger partial charge in [0.15, 0.2) is 0 Å². The first kappa shape index (κ1) is 28.8. The van der Waals surface area contributed by atoms with Gasteiger partial charge in [0.2, 0.25) is 15.9 Å². The van der Waals surface area contributed by atoms with Crippen molar-refractivity contribution in [2.45, 2.75) is 63.3 Å². The highest BCUT2D eigenvalue weighted by atomic mass is 32.2. The number of sulfonamides is 1. The molecule has 3 heterocycles. The highest BCUT2D eigenvalue weighted by Gasteiger charge is 2.44. The van der Waals surface area contributed by atoms with Crippen LogP contribution in [0.4, 0.5) is 20.2 Å². The molecule has 10 nitrogen and oxygen atoms in total. The Morgan fingerprint density at radius 3 is 2.45 bits per heavy atom. The van der Waals surface area contributed by atoms with Crippen molar-refractivity contribution in [2.24, 2.45) is 5.41 Å². The Labute approximate surface area is 243 Å². The molecule has 42 heavy (non-hydrogen) atoms. The van der Waals surface area contributed by atoms with Crippen LogP contribution in [0.2, 0.25) is 0 Å². The smallest absolute Gasteiger partial charge is 0.267 e. The molecule has 6 rings (SSSR count). The molecule has 3 aliphatic rings. The number of alkyl halides is 2. The van der Waals surface area contributed by atoms with Crippen LogP contribution in [0.15, 0.2) is 47.5 Å². The van der Waals surface area contributed by atoms with Gasteiger partial charge < -0.3 is 9.64 Å². The second-order valence-electron chi connectivity index (χ2n) is 11.9. The summed E-state index contributed by atoms with van der Waals surface area (Å²) >= 11 is 0.